The Labute approximate surface area is 113 Å². The summed E-state index contributed by atoms with van der Waals surface area (Å²) in [6.07, 6.45) is 0. The molecule has 18 heavy (non-hydrogen) atoms. The normalized spacial score (nSPS) is 11.8. The molecule has 0 saturated carbocycles. The van der Waals surface area contributed by atoms with E-state index in [-0.39, 0.29) is 0 Å². The summed E-state index contributed by atoms with van der Waals surface area (Å²) < 4.78 is 0. The predicted molar refractivity (Wildman–Crippen MR) is 89.0 cm³/mol. The third kappa shape index (κ3) is 4.20. The molecule has 0 aliphatic rings. The standard InChI is InChI=1S/C14H24N2Si2/c1-7-17(3,4)15-13-11-9-10-12-14(13)16-18(5,6)8-2/h7-12,15-16H,1-2H2,3-6H3. The fourth-order valence-electron chi connectivity index (χ4n) is 1.50. The highest BCUT2D eigenvalue weighted by atomic mass is 28.3. The lowest BCUT2D eigenvalue weighted by atomic mass is 10.3. The molecule has 0 fully saturated rings. The zero-order valence-electron chi connectivity index (χ0n) is 11.9. The van der Waals surface area contributed by atoms with E-state index in [1.807, 2.05) is 0 Å². The summed E-state index contributed by atoms with van der Waals surface area (Å²) in [5.74, 6) is 0. The highest BCUT2D eigenvalue weighted by Gasteiger charge is 2.21. The van der Waals surface area contributed by atoms with E-state index in [9.17, 15) is 0 Å². The Morgan fingerprint density at radius 1 is 0.833 bits per heavy atom. The number of hydrogen-bond donors (Lipinski definition) is 2. The van der Waals surface area contributed by atoms with E-state index in [1.165, 1.54) is 0 Å². The van der Waals surface area contributed by atoms with Gasteiger partial charge >= 0.3 is 0 Å². The number of hydrogen-bond acceptors (Lipinski definition) is 2. The smallest absolute Gasteiger partial charge is 0.171 e. The minimum Gasteiger partial charge on any atom is -0.406 e. The molecule has 0 spiro atoms. The molecule has 0 aliphatic heterocycles. The second-order valence-corrected chi connectivity index (χ2v) is 13.9. The van der Waals surface area contributed by atoms with E-state index in [0.717, 1.165) is 11.4 Å². The molecule has 1 aromatic rings. The average Bonchev–Trinajstić information content (AvgIpc) is 2.31. The molecular formula is C14H24N2Si2. The first-order chi connectivity index (χ1) is 8.29. The maximum Gasteiger partial charge on any atom is 0.171 e. The summed E-state index contributed by atoms with van der Waals surface area (Å²) >= 11 is 0. The van der Waals surface area contributed by atoms with E-state index in [0.29, 0.717) is 0 Å². The molecule has 4 heteroatoms. The van der Waals surface area contributed by atoms with Gasteiger partial charge in [0.15, 0.2) is 16.5 Å². The van der Waals surface area contributed by atoms with Crippen LogP contribution in [0, 0.1) is 0 Å². The first-order valence-corrected chi connectivity index (χ1v) is 12.4. The number of anilines is 2. The first kappa shape index (κ1) is 14.8. The van der Waals surface area contributed by atoms with Crippen LogP contribution in [0.4, 0.5) is 11.4 Å². The Morgan fingerprint density at radius 3 is 1.44 bits per heavy atom. The van der Waals surface area contributed by atoms with E-state index < -0.39 is 16.5 Å². The van der Waals surface area contributed by atoms with Gasteiger partial charge in [0.25, 0.3) is 0 Å². The van der Waals surface area contributed by atoms with Crippen molar-refractivity contribution in [3.8, 4) is 0 Å². The van der Waals surface area contributed by atoms with Gasteiger partial charge < -0.3 is 9.96 Å². The van der Waals surface area contributed by atoms with Crippen molar-refractivity contribution in [1.82, 2.24) is 0 Å². The first-order valence-electron chi connectivity index (χ1n) is 6.22. The van der Waals surface area contributed by atoms with Gasteiger partial charge in [-0.25, -0.2) is 0 Å². The topological polar surface area (TPSA) is 24.1 Å². The van der Waals surface area contributed by atoms with Gasteiger partial charge in [-0.3, -0.25) is 0 Å². The summed E-state index contributed by atoms with van der Waals surface area (Å²) in [6.45, 7) is 16.8. The second kappa shape index (κ2) is 5.58. The lowest BCUT2D eigenvalue weighted by molar-refractivity contribution is 1.55. The van der Waals surface area contributed by atoms with E-state index in [2.05, 4.69) is 85.0 Å². The van der Waals surface area contributed by atoms with Crippen LogP contribution in [0.15, 0.2) is 48.8 Å². The van der Waals surface area contributed by atoms with Crippen molar-refractivity contribution >= 4 is 27.8 Å². The Hall–Kier alpha value is -1.27. The molecule has 98 valence electrons. The zero-order valence-corrected chi connectivity index (χ0v) is 13.9. The van der Waals surface area contributed by atoms with Crippen LogP contribution < -0.4 is 9.96 Å². The average molecular weight is 277 g/mol. The lowest BCUT2D eigenvalue weighted by Crippen LogP contribution is -2.37. The largest absolute Gasteiger partial charge is 0.406 e. The molecule has 0 aliphatic carbocycles. The summed E-state index contributed by atoms with van der Waals surface area (Å²) in [6, 6.07) is 8.36. The highest BCUT2D eigenvalue weighted by Crippen LogP contribution is 2.25. The van der Waals surface area contributed by atoms with Crippen LogP contribution >= 0.6 is 0 Å². The Kier molecular flexibility index (Phi) is 4.59. The molecular weight excluding hydrogens is 252 g/mol. The summed E-state index contributed by atoms with van der Waals surface area (Å²) in [7, 11) is -3.14. The maximum absolute atomic E-state index is 3.92. The van der Waals surface area contributed by atoms with Crippen molar-refractivity contribution in [1.29, 1.82) is 0 Å². The number of nitrogens with one attached hydrogen (secondary N) is 2. The molecule has 0 bridgehead atoms. The van der Waals surface area contributed by atoms with Crippen molar-refractivity contribution in [3.05, 3.63) is 48.8 Å². The van der Waals surface area contributed by atoms with Gasteiger partial charge in [0.05, 0.1) is 0 Å². The molecule has 0 saturated heterocycles. The Bertz CT molecular complexity index is 398. The molecule has 0 unspecified atom stereocenters. The van der Waals surface area contributed by atoms with Gasteiger partial charge in [0, 0.05) is 11.4 Å². The highest BCUT2D eigenvalue weighted by molar-refractivity contribution is 6.86. The predicted octanol–water partition coefficient (Wildman–Crippen LogP) is 4.37. The monoisotopic (exact) mass is 276 g/mol. The molecule has 0 radical (unpaired) electrons. The zero-order chi connectivity index (χ0) is 13.8. The van der Waals surface area contributed by atoms with Crippen LogP contribution in [0.3, 0.4) is 0 Å². The van der Waals surface area contributed by atoms with Crippen LogP contribution in [0.1, 0.15) is 0 Å². The van der Waals surface area contributed by atoms with Gasteiger partial charge in [0.2, 0.25) is 0 Å². The van der Waals surface area contributed by atoms with Crippen LogP contribution in [0.5, 0.6) is 0 Å². The van der Waals surface area contributed by atoms with Crippen LogP contribution in [-0.2, 0) is 0 Å². The third-order valence-electron chi connectivity index (χ3n) is 2.86. The van der Waals surface area contributed by atoms with E-state index in [1.54, 1.807) is 0 Å². The fourth-order valence-corrected chi connectivity index (χ4v) is 3.53. The summed E-state index contributed by atoms with van der Waals surface area (Å²) in [4.78, 5) is 7.26. The number of benzene rings is 1. The van der Waals surface area contributed by atoms with E-state index in [4.69, 9.17) is 0 Å². The van der Waals surface area contributed by atoms with Gasteiger partial charge in [-0.1, -0.05) is 23.5 Å². The van der Waals surface area contributed by atoms with Crippen LogP contribution in [0.2, 0.25) is 26.2 Å². The van der Waals surface area contributed by atoms with Crippen molar-refractivity contribution in [3.63, 3.8) is 0 Å². The molecule has 1 rings (SSSR count). The molecule has 0 aromatic heterocycles. The van der Waals surface area contributed by atoms with Gasteiger partial charge in [-0.05, 0) is 38.3 Å². The van der Waals surface area contributed by atoms with Crippen molar-refractivity contribution in [2.75, 3.05) is 9.96 Å². The number of para-hydroxylation sites is 2. The molecule has 0 amide bonds. The Morgan fingerprint density at radius 2 is 1.17 bits per heavy atom. The van der Waals surface area contributed by atoms with Crippen molar-refractivity contribution < 1.29 is 0 Å². The van der Waals surface area contributed by atoms with Gasteiger partial charge in [-0.2, -0.15) is 0 Å². The summed E-state index contributed by atoms with van der Waals surface area (Å²) in [5, 5.41) is 0. The van der Waals surface area contributed by atoms with Gasteiger partial charge in [0.1, 0.15) is 0 Å². The van der Waals surface area contributed by atoms with Crippen molar-refractivity contribution in [2.24, 2.45) is 0 Å². The fraction of sp³-hybridized carbons (Fsp3) is 0.286. The molecule has 0 atom stereocenters. The quantitative estimate of drug-likeness (QED) is 0.754. The molecule has 0 heterocycles. The molecule has 2 N–H and O–H groups in total. The molecule has 2 nitrogen and oxygen atoms in total. The van der Waals surface area contributed by atoms with Crippen LogP contribution in [0.25, 0.3) is 0 Å². The van der Waals surface area contributed by atoms with Crippen LogP contribution in [-0.4, -0.2) is 16.5 Å². The van der Waals surface area contributed by atoms with Gasteiger partial charge in [-0.15, -0.1) is 13.2 Å². The SMILES string of the molecule is C=C[Si](C)(C)Nc1ccccc1N[Si](C)(C)C=C. The lowest BCUT2D eigenvalue weighted by Gasteiger charge is -2.27. The van der Waals surface area contributed by atoms with E-state index >= 15 is 0 Å². The number of rotatable bonds is 6. The van der Waals surface area contributed by atoms with Crippen molar-refractivity contribution in [2.45, 2.75) is 26.2 Å². The minimum absolute atomic E-state index is 1.16. The third-order valence-corrected chi connectivity index (χ3v) is 6.73. The second-order valence-electron chi connectivity index (χ2n) is 5.65. The Balaban J connectivity index is 3.00. The summed E-state index contributed by atoms with van der Waals surface area (Å²) in [5.41, 5.74) is 6.44. The minimum atomic E-state index is -1.57. The maximum atomic E-state index is 3.92. The molecule has 1 aromatic carbocycles.